The summed E-state index contributed by atoms with van der Waals surface area (Å²) in [5.41, 5.74) is 3.30. The van der Waals surface area contributed by atoms with Crippen LogP contribution < -0.4 is 4.74 Å². The van der Waals surface area contributed by atoms with Crippen LogP contribution in [-0.4, -0.2) is 17.5 Å². The van der Waals surface area contributed by atoms with Gasteiger partial charge in [0.05, 0.1) is 12.3 Å². The molecule has 2 rings (SSSR count). The molecule has 0 amide bonds. The summed E-state index contributed by atoms with van der Waals surface area (Å²) in [6.45, 7) is 2.52. The Morgan fingerprint density at radius 3 is 2.60 bits per heavy atom. The van der Waals surface area contributed by atoms with Crippen LogP contribution in [0.1, 0.15) is 24.5 Å². The predicted molar refractivity (Wildman–Crippen MR) is 83.2 cm³/mol. The van der Waals surface area contributed by atoms with Crippen LogP contribution in [0.15, 0.2) is 46.2 Å². The molecule has 0 aliphatic heterocycles. The second-order valence-electron chi connectivity index (χ2n) is 4.71. The van der Waals surface area contributed by atoms with Crippen LogP contribution in [0.4, 0.5) is 0 Å². The van der Waals surface area contributed by atoms with Crippen molar-refractivity contribution < 1.29 is 9.94 Å². The van der Waals surface area contributed by atoms with Crippen LogP contribution in [-0.2, 0) is 12.8 Å². The molecule has 20 heavy (non-hydrogen) atoms. The molecule has 0 bridgehead atoms. The quantitative estimate of drug-likeness (QED) is 0.472. The Hall–Kier alpha value is -1.81. The first-order chi connectivity index (χ1) is 9.78. The summed E-state index contributed by atoms with van der Waals surface area (Å²) in [6, 6.07) is 10.2. The Morgan fingerprint density at radius 2 is 1.95 bits per heavy atom. The summed E-state index contributed by atoms with van der Waals surface area (Å²) < 4.78 is 5.72. The van der Waals surface area contributed by atoms with Gasteiger partial charge in [-0.05, 0) is 59.9 Å². The third-order valence-corrected chi connectivity index (χ3v) is 3.84. The molecule has 4 heteroatoms. The summed E-state index contributed by atoms with van der Waals surface area (Å²) in [4.78, 5) is 0. The van der Waals surface area contributed by atoms with E-state index in [-0.39, 0.29) is 0 Å². The molecule has 1 N–H and O–H groups in total. The summed E-state index contributed by atoms with van der Waals surface area (Å²) in [6.07, 6.45) is 2.59. The molecule has 1 heterocycles. The second-order valence-corrected chi connectivity index (χ2v) is 5.49. The summed E-state index contributed by atoms with van der Waals surface area (Å²) in [5, 5.41) is 16.0. The Balaban J connectivity index is 1.76. The standard InChI is InChI=1S/C16H19NO2S/c1-13(17-18)2-3-14-4-6-16(7-5-14)19-10-8-15-9-11-20-12-15/h4-7,9,11-12,18H,2-3,8,10H2,1H3. The number of nitrogens with zero attached hydrogens (tertiary/aromatic N) is 1. The highest BCUT2D eigenvalue weighted by molar-refractivity contribution is 7.07. The first kappa shape index (κ1) is 14.6. The Labute approximate surface area is 123 Å². The van der Waals surface area contributed by atoms with Gasteiger partial charge in [0, 0.05) is 6.42 Å². The molecule has 0 aliphatic rings. The maximum atomic E-state index is 8.60. The van der Waals surface area contributed by atoms with E-state index in [2.05, 4.69) is 34.1 Å². The normalized spacial score (nSPS) is 11.6. The van der Waals surface area contributed by atoms with E-state index in [0.717, 1.165) is 30.7 Å². The van der Waals surface area contributed by atoms with E-state index in [1.54, 1.807) is 11.3 Å². The molecule has 0 saturated heterocycles. The molecule has 0 atom stereocenters. The van der Waals surface area contributed by atoms with Gasteiger partial charge in [-0.3, -0.25) is 0 Å². The van der Waals surface area contributed by atoms with Gasteiger partial charge in [0.25, 0.3) is 0 Å². The minimum absolute atomic E-state index is 0.701. The number of rotatable bonds is 7. The van der Waals surface area contributed by atoms with E-state index in [9.17, 15) is 0 Å². The van der Waals surface area contributed by atoms with Crippen LogP contribution in [0.25, 0.3) is 0 Å². The lowest BCUT2D eigenvalue weighted by atomic mass is 10.1. The summed E-state index contributed by atoms with van der Waals surface area (Å²) in [5.74, 6) is 0.900. The first-order valence-electron chi connectivity index (χ1n) is 6.68. The molecule has 0 unspecified atom stereocenters. The number of thiophene rings is 1. The zero-order chi connectivity index (χ0) is 14.2. The molecule has 1 aromatic heterocycles. The highest BCUT2D eigenvalue weighted by atomic mass is 32.1. The smallest absolute Gasteiger partial charge is 0.119 e. The fraction of sp³-hybridized carbons (Fsp3) is 0.312. The van der Waals surface area contributed by atoms with E-state index in [1.165, 1.54) is 11.1 Å². The molecule has 0 spiro atoms. The molecule has 3 nitrogen and oxygen atoms in total. The maximum Gasteiger partial charge on any atom is 0.119 e. The van der Waals surface area contributed by atoms with Crippen molar-refractivity contribution in [2.24, 2.45) is 5.16 Å². The lowest BCUT2D eigenvalue weighted by Gasteiger charge is -2.06. The van der Waals surface area contributed by atoms with Crippen molar-refractivity contribution in [1.82, 2.24) is 0 Å². The first-order valence-corrected chi connectivity index (χ1v) is 7.62. The van der Waals surface area contributed by atoms with Crippen LogP contribution >= 0.6 is 11.3 Å². The highest BCUT2D eigenvalue weighted by Crippen LogP contribution is 2.14. The number of hydrogen-bond acceptors (Lipinski definition) is 4. The zero-order valence-electron chi connectivity index (χ0n) is 11.6. The molecule has 0 fully saturated rings. The fourth-order valence-corrected chi connectivity index (χ4v) is 2.55. The van der Waals surface area contributed by atoms with Crippen LogP contribution in [0, 0.1) is 0 Å². The van der Waals surface area contributed by atoms with Gasteiger partial charge in [0.1, 0.15) is 5.75 Å². The zero-order valence-corrected chi connectivity index (χ0v) is 12.4. The second kappa shape index (κ2) is 7.70. The summed E-state index contributed by atoms with van der Waals surface area (Å²) >= 11 is 1.71. The Morgan fingerprint density at radius 1 is 1.15 bits per heavy atom. The molecule has 1 aromatic carbocycles. The number of aryl methyl sites for hydroxylation is 1. The van der Waals surface area contributed by atoms with Crippen molar-refractivity contribution in [2.45, 2.75) is 26.2 Å². The van der Waals surface area contributed by atoms with E-state index in [1.807, 2.05) is 19.1 Å². The highest BCUT2D eigenvalue weighted by Gasteiger charge is 1.99. The number of hydrogen-bond donors (Lipinski definition) is 1. The van der Waals surface area contributed by atoms with Gasteiger partial charge in [-0.1, -0.05) is 17.3 Å². The predicted octanol–water partition coefficient (Wildman–Crippen LogP) is 4.15. The molecule has 0 aliphatic carbocycles. The van der Waals surface area contributed by atoms with E-state index < -0.39 is 0 Å². The monoisotopic (exact) mass is 289 g/mol. The largest absolute Gasteiger partial charge is 0.493 e. The maximum absolute atomic E-state index is 8.60. The van der Waals surface area contributed by atoms with Crippen molar-refractivity contribution in [2.75, 3.05) is 6.61 Å². The molecule has 0 saturated carbocycles. The molecular weight excluding hydrogens is 270 g/mol. The van der Waals surface area contributed by atoms with Crippen LogP contribution in [0.2, 0.25) is 0 Å². The molecular formula is C16H19NO2S. The third kappa shape index (κ3) is 4.70. The fourth-order valence-electron chi connectivity index (χ4n) is 1.85. The van der Waals surface area contributed by atoms with Gasteiger partial charge < -0.3 is 9.94 Å². The molecule has 106 valence electrons. The van der Waals surface area contributed by atoms with Gasteiger partial charge in [-0.2, -0.15) is 11.3 Å². The average Bonchev–Trinajstić information content (AvgIpc) is 2.99. The minimum atomic E-state index is 0.701. The van der Waals surface area contributed by atoms with Gasteiger partial charge >= 0.3 is 0 Å². The van der Waals surface area contributed by atoms with Crippen LogP contribution in [0.3, 0.4) is 0 Å². The Kier molecular flexibility index (Phi) is 5.62. The lowest BCUT2D eigenvalue weighted by Crippen LogP contribution is -2.00. The van der Waals surface area contributed by atoms with Gasteiger partial charge in [0.15, 0.2) is 0 Å². The minimum Gasteiger partial charge on any atom is -0.493 e. The van der Waals surface area contributed by atoms with Crippen LogP contribution in [0.5, 0.6) is 5.75 Å². The topological polar surface area (TPSA) is 41.8 Å². The van der Waals surface area contributed by atoms with Gasteiger partial charge in [0.2, 0.25) is 0 Å². The average molecular weight is 289 g/mol. The Bertz CT molecular complexity index is 532. The van der Waals surface area contributed by atoms with Crippen molar-refractivity contribution in [1.29, 1.82) is 0 Å². The number of benzene rings is 1. The van der Waals surface area contributed by atoms with Crippen molar-refractivity contribution >= 4 is 17.0 Å². The van der Waals surface area contributed by atoms with Crippen molar-refractivity contribution in [3.63, 3.8) is 0 Å². The van der Waals surface area contributed by atoms with E-state index in [4.69, 9.17) is 9.94 Å². The van der Waals surface area contributed by atoms with Crippen molar-refractivity contribution in [3.05, 3.63) is 52.2 Å². The van der Waals surface area contributed by atoms with E-state index >= 15 is 0 Å². The molecule has 0 radical (unpaired) electrons. The van der Waals surface area contributed by atoms with E-state index in [0.29, 0.717) is 6.61 Å². The third-order valence-electron chi connectivity index (χ3n) is 3.11. The SMILES string of the molecule is CC(CCc1ccc(OCCc2ccsc2)cc1)=NO. The summed E-state index contributed by atoms with van der Waals surface area (Å²) in [7, 11) is 0. The van der Waals surface area contributed by atoms with Gasteiger partial charge in [-0.15, -0.1) is 0 Å². The van der Waals surface area contributed by atoms with Gasteiger partial charge in [-0.25, -0.2) is 0 Å². The number of oxime groups is 1. The number of ether oxygens (including phenoxy) is 1. The molecule has 2 aromatic rings. The van der Waals surface area contributed by atoms with Crippen molar-refractivity contribution in [3.8, 4) is 5.75 Å². The lowest BCUT2D eigenvalue weighted by molar-refractivity contribution is 0.317.